The molecule has 5 nitrogen and oxygen atoms in total. The van der Waals surface area contributed by atoms with Gasteiger partial charge in [0, 0.05) is 33.3 Å². The Kier molecular flexibility index (Phi) is 5.28. The maximum atomic E-state index is 5.38. The first-order valence-corrected chi connectivity index (χ1v) is 5.51. The van der Waals surface area contributed by atoms with E-state index in [1.165, 1.54) is 0 Å². The minimum atomic E-state index is 0.450. The molecule has 0 amide bonds. The number of nitrogens with one attached hydrogen (secondary N) is 1. The third kappa shape index (κ3) is 4.20. The fraction of sp³-hybridized carbons (Fsp3) is 0.727. The van der Waals surface area contributed by atoms with Crippen LogP contribution in [0.25, 0.3) is 0 Å². The standard InChI is InChI=1S/C11H21N3O2/c1-9(2)12-7-10-8-16-11(13-10)14(3)5-6-15-4/h8-9,12H,5-7H2,1-4H3. The van der Waals surface area contributed by atoms with Crippen molar-refractivity contribution < 1.29 is 9.15 Å². The Labute approximate surface area is 96.8 Å². The molecule has 1 aromatic rings. The first kappa shape index (κ1) is 13.0. The van der Waals surface area contributed by atoms with Crippen molar-refractivity contribution in [2.24, 2.45) is 0 Å². The molecule has 0 saturated carbocycles. The van der Waals surface area contributed by atoms with Crippen molar-refractivity contribution in [1.29, 1.82) is 0 Å². The van der Waals surface area contributed by atoms with Crippen molar-refractivity contribution in [3.63, 3.8) is 0 Å². The van der Waals surface area contributed by atoms with Crippen molar-refractivity contribution in [3.05, 3.63) is 12.0 Å². The summed E-state index contributed by atoms with van der Waals surface area (Å²) in [5.41, 5.74) is 0.924. The Morgan fingerprint density at radius 1 is 1.56 bits per heavy atom. The Bertz CT molecular complexity index is 299. The van der Waals surface area contributed by atoms with Crippen LogP contribution in [0.5, 0.6) is 0 Å². The SMILES string of the molecule is COCCN(C)c1nc(CNC(C)C)co1. The maximum absolute atomic E-state index is 5.38. The van der Waals surface area contributed by atoms with Crippen molar-refractivity contribution >= 4 is 6.01 Å². The third-order valence-corrected chi connectivity index (χ3v) is 2.19. The van der Waals surface area contributed by atoms with E-state index < -0.39 is 0 Å². The van der Waals surface area contributed by atoms with E-state index in [1.54, 1.807) is 13.4 Å². The van der Waals surface area contributed by atoms with Gasteiger partial charge >= 0.3 is 0 Å². The summed E-state index contributed by atoms with van der Waals surface area (Å²) in [4.78, 5) is 6.31. The highest BCUT2D eigenvalue weighted by Gasteiger charge is 2.08. The summed E-state index contributed by atoms with van der Waals surface area (Å²) in [5, 5.41) is 3.29. The zero-order valence-electron chi connectivity index (χ0n) is 10.5. The molecule has 0 atom stereocenters. The predicted molar refractivity (Wildman–Crippen MR) is 63.6 cm³/mol. The normalized spacial score (nSPS) is 11.1. The zero-order valence-corrected chi connectivity index (χ0v) is 10.5. The van der Waals surface area contributed by atoms with E-state index in [1.807, 2.05) is 11.9 Å². The van der Waals surface area contributed by atoms with Crippen molar-refractivity contribution in [2.45, 2.75) is 26.4 Å². The van der Waals surface area contributed by atoms with Crippen LogP contribution in [0.4, 0.5) is 6.01 Å². The quantitative estimate of drug-likeness (QED) is 0.760. The summed E-state index contributed by atoms with van der Waals surface area (Å²) in [6.07, 6.45) is 1.69. The summed E-state index contributed by atoms with van der Waals surface area (Å²) in [7, 11) is 3.62. The lowest BCUT2D eigenvalue weighted by Gasteiger charge is -2.12. The van der Waals surface area contributed by atoms with Gasteiger partial charge in [-0.2, -0.15) is 4.98 Å². The molecule has 0 spiro atoms. The summed E-state index contributed by atoms with van der Waals surface area (Å²) >= 11 is 0. The topological polar surface area (TPSA) is 50.5 Å². The van der Waals surface area contributed by atoms with Gasteiger partial charge in [0.05, 0.1) is 12.3 Å². The number of nitrogens with zero attached hydrogens (tertiary/aromatic N) is 2. The van der Waals surface area contributed by atoms with Crippen LogP contribution in [0.3, 0.4) is 0 Å². The number of hydrogen-bond acceptors (Lipinski definition) is 5. The molecule has 0 aliphatic carbocycles. The molecule has 1 aromatic heterocycles. The van der Waals surface area contributed by atoms with Crippen LogP contribution in [0, 0.1) is 0 Å². The van der Waals surface area contributed by atoms with Gasteiger partial charge in [0.2, 0.25) is 0 Å². The number of ether oxygens (including phenoxy) is 1. The fourth-order valence-corrected chi connectivity index (χ4v) is 1.19. The van der Waals surface area contributed by atoms with Gasteiger partial charge in [-0.05, 0) is 0 Å². The van der Waals surface area contributed by atoms with Gasteiger partial charge in [-0.15, -0.1) is 0 Å². The third-order valence-electron chi connectivity index (χ3n) is 2.19. The monoisotopic (exact) mass is 227 g/mol. The van der Waals surface area contributed by atoms with Crippen molar-refractivity contribution in [1.82, 2.24) is 10.3 Å². The largest absolute Gasteiger partial charge is 0.432 e. The van der Waals surface area contributed by atoms with E-state index in [4.69, 9.17) is 9.15 Å². The van der Waals surface area contributed by atoms with Crippen molar-refractivity contribution in [2.75, 3.05) is 32.2 Å². The molecule has 16 heavy (non-hydrogen) atoms. The number of anilines is 1. The molecule has 0 saturated heterocycles. The Hall–Kier alpha value is -1.07. The van der Waals surface area contributed by atoms with Crippen LogP contribution in [-0.4, -0.2) is 38.3 Å². The van der Waals surface area contributed by atoms with Gasteiger partial charge in [-0.25, -0.2) is 0 Å². The average Bonchev–Trinajstić information content (AvgIpc) is 2.71. The second-order valence-electron chi connectivity index (χ2n) is 4.07. The average molecular weight is 227 g/mol. The second-order valence-corrected chi connectivity index (χ2v) is 4.07. The lowest BCUT2D eigenvalue weighted by Crippen LogP contribution is -2.23. The predicted octanol–water partition coefficient (Wildman–Crippen LogP) is 1.26. The van der Waals surface area contributed by atoms with Gasteiger partial charge < -0.3 is 19.4 Å². The van der Waals surface area contributed by atoms with Crippen LogP contribution in [0.2, 0.25) is 0 Å². The Morgan fingerprint density at radius 2 is 2.31 bits per heavy atom. The summed E-state index contributed by atoms with van der Waals surface area (Å²) in [5.74, 6) is 0. The van der Waals surface area contributed by atoms with E-state index in [-0.39, 0.29) is 0 Å². The molecule has 0 unspecified atom stereocenters. The summed E-state index contributed by atoms with van der Waals surface area (Å²) in [6.45, 7) is 6.38. The minimum Gasteiger partial charge on any atom is -0.432 e. The van der Waals surface area contributed by atoms with Gasteiger partial charge in [-0.3, -0.25) is 0 Å². The number of aromatic nitrogens is 1. The molecular weight excluding hydrogens is 206 g/mol. The molecule has 5 heteroatoms. The summed E-state index contributed by atoms with van der Waals surface area (Å²) in [6, 6.07) is 1.09. The Morgan fingerprint density at radius 3 is 2.94 bits per heavy atom. The van der Waals surface area contributed by atoms with E-state index >= 15 is 0 Å². The van der Waals surface area contributed by atoms with Crippen molar-refractivity contribution in [3.8, 4) is 0 Å². The smallest absolute Gasteiger partial charge is 0.297 e. The number of methoxy groups -OCH3 is 1. The molecule has 1 heterocycles. The van der Waals surface area contributed by atoms with Gasteiger partial charge in [-0.1, -0.05) is 13.8 Å². The first-order chi connectivity index (χ1) is 7.63. The van der Waals surface area contributed by atoms with Gasteiger partial charge in [0.25, 0.3) is 6.01 Å². The molecule has 1 rings (SSSR count). The second kappa shape index (κ2) is 6.50. The number of rotatable bonds is 7. The highest BCUT2D eigenvalue weighted by Crippen LogP contribution is 2.11. The molecule has 0 radical (unpaired) electrons. The van der Waals surface area contributed by atoms with Crippen LogP contribution >= 0.6 is 0 Å². The van der Waals surface area contributed by atoms with Crippen LogP contribution in [0.1, 0.15) is 19.5 Å². The van der Waals surface area contributed by atoms with Crippen LogP contribution in [0.15, 0.2) is 10.7 Å². The van der Waals surface area contributed by atoms with Crippen LogP contribution < -0.4 is 10.2 Å². The zero-order chi connectivity index (χ0) is 12.0. The van der Waals surface area contributed by atoms with Gasteiger partial charge in [0.1, 0.15) is 6.26 Å². The van der Waals surface area contributed by atoms with E-state index in [0.717, 1.165) is 18.8 Å². The van der Waals surface area contributed by atoms with Crippen LogP contribution in [-0.2, 0) is 11.3 Å². The highest BCUT2D eigenvalue weighted by atomic mass is 16.5. The Balaban J connectivity index is 2.43. The molecule has 0 aromatic carbocycles. The van der Waals surface area contributed by atoms with Gasteiger partial charge in [0.15, 0.2) is 0 Å². The van der Waals surface area contributed by atoms with E-state index in [0.29, 0.717) is 18.7 Å². The highest BCUT2D eigenvalue weighted by molar-refractivity contribution is 5.25. The molecule has 0 aliphatic rings. The number of hydrogen-bond donors (Lipinski definition) is 1. The van der Waals surface area contributed by atoms with E-state index in [9.17, 15) is 0 Å². The maximum Gasteiger partial charge on any atom is 0.297 e. The molecule has 0 aliphatic heterocycles. The fourth-order valence-electron chi connectivity index (χ4n) is 1.19. The minimum absolute atomic E-state index is 0.450. The lowest BCUT2D eigenvalue weighted by atomic mass is 10.4. The summed E-state index contributed by atoms with van der Waals surface area (Å²) < 4.78 is 10.4. The molecule has 92 valence electrons. The van der Waals surface area contributed by atoms with E-state index in [2.05, 4.69) is 24.1 Å². The number of likely N-dealkylation sites (N-methyl/N-ethyl adjacent to an activating group) is 1. The molecular formula is C11H21N3O2. The first-order valence-electron chi connectivity index (χ1n) is 5.51. The molecule has 1 N–H and O–H groups in total. The lowest BCUT2D eigenvalue weighted by molar-refractivity contribution is 0.205. The molecule has 0 fully saturated rings. The molecule has 0 bridgehead atoms. The number of oxazole rings is 1.